The molecule has 0 radical (unpaired) electrons. The maximum Gasteiger partial charge on any atom is 0.217 e. The molecule has 4 aromatic rings. The molecule has 2 aromatic heterocycles. The van der Waals surface area contributed by atoms with Gasteiger partial charge >= 0.3 is 0 Å². The quantitative estimate of drug-likeness (QED) is 0.391. The highest BCUT2D eigenvalue weighted by Crippen LogP contribution is 2.21. The van der Waals surface area contributed by atoms with Crippen molar-refractivity contribution in [2.75, 3.05) is 7.05 Å². The van der Waals surface area contributed by atoms with Gasteiger partial charge in [-0.05, 0) is 44.7 Å². The summed E-state index contributed by atoms with van der Waals surface area (Å²) in [4.78, 5) is 6.70. The first-order valence-corrected chi connectivity index (χ1v) is 10.9. The van der Waals surface area contributed by atoms with Crippen LogP contribution in [-0.2, 0) is 19.8 Å². The van der Waals surface area contributed by atoms with Crippen molar-refractivity contribution in [3.05, 3.63) is 86.9 Å². The van der Waals surface area contributed by atoms with Crippen molar-refractivity contribution in [2.45, 2.75) is 33.6 Å². The van der Waals surface area contributed by atoms with E-state index >= 15 is 0 Å². The van der Waals surface area contributed by atoms with Crippen LogP contribution in [0.4, 0.5) is 0 Å². The molecule has 0 atom stereocenters. The molecule has 0 fully saturated rings. The molecule has 0 saturated heterocycles. The molecule has 1 N–H and O–H groups in total. The largest absolute Gasteiger partial charge is 0.283 e. The average Bonchev–Trinajstić information content (AvgIpc) is 3.24. The van der Waals surface area contributed by atoms with E-state index in [2.05, 4.69) is 35.9 Å². The Hall–Kier alpha value is -2.74. The van der Waals surface area contributed by atoms with E-state index < -0.39 is 0 Å². The van der Waals surface area contributed by atoms with Crippen molar-refractivity contribution in [3.63, 3.8) is 0 Å². The average molecular weight is 453 g/mol. The molecule has 160 valence electrons. The number of hydrogen-bond donors (Lipinski definition) is 1. The number of hydrogen-bond acceptors (Lipinski definition) is 4. The van der Waals surface area contributed by atoms with Crippen LogP contribution in [0.2, 0.25) is 5.02 Å². The molecule has 0 bridgehead atoms. The van der Waals surface area contributed by atoms with Crippen LogP contribution < -0.4 is 0 Å². The number of rotatable bonds is 7. The van der Waals surface area contributed by atoms with E-state index in [-0.39, 0.29) is 0 Å². The predicted molar refractivity (Wildman–Crippen MR) is 127 cm³/mol. The third kappa shape index (κ3) is 4.79. The fraction of sp³-hybridized carbons (Fsp3) is 0.261. The van der Waals surface area contributed by atoms with Crippen molar-refractivity contribution in [1.29, 1.82) is 0 Å². The summed E-state index contributed by atoms with van der Waals surface area (Å²) in [5, 5.41) is 8.82. The van der Waals surface area contributed by atoms with Gasteiger partial charge in [0.25, 0.3) is 0 Å². The lowest BCUT2D eigenvalue weighted by Gasteiger charge is -2.17. The second kappa shape index (κ2) is 9.18. The molecule has 6 nitrogen and oxygen atoms in total. The molecule has 2 aromatic carbocycles. The molecule has 0 spiro atoms. The summed E-state index contributed by atoms with van der Waals surface area (Å²) in [7, 11) is 2.06. The van der Waals surface area contributed by atoms with Gasteiger partial charge in [-0.25, -0.2) is 4.68 Å². The minimum Gasteiger partial charge on any atom is -0.283 e. The minimum absolute atomic E-state index is 0.536. The maximum atomic E-state index is 6.34. The summed E-state index contributed by atoms with van der Waals surface area (Å²) in [5.74, 6) is 0.777. The van der Waals surface area contributed by atoms with Crippen LogP contribution in [0, 0.1) is 18.6 Å². The smallest absolute Gasteiger partial charge is 0.217 e. The zero-order chi connectivity index (χ0) is 22.0. The lowest BCUT2D eigenvalue weighted by atomic mass is 10.2. The van der Waals surface area contributed by atoms with Gasteiger partial charge in [-0.15, -0.1) is 0 Å². The van der Waals surface area contributed by atoms with Crippen molar-refractivity contribution in [2.24, 2.45) is 0 Å². The molecular weight excluding hydrogens is 428 g/mol. The second-order valence-electron chi connectivity index (χ2n) is 7.70. The van der Waals surface area contributed by atoms with E-state index in [0.29, 0.717) is 18.0 Å². The summed E-state index contributed by atoms with van der Waals surface area (Å²) >= 11 is 11.8. The summed E-state index contributed by atoms with van der Waals surface area (Å²) in [6.45, 7) is 6.17. The predicted octanol–water partition coefficient (Wildman–Crippen LogP) is 5.21. The summed E-state index contributed by atoms with van der Waals surface area (Å²) in [6, 6.07) is 17.9. The van der Waals surface area contributed by atoms with Gasteiger partial charge in [-0.1, -0.05) is 60.1 Å². The third-order valence-corrected chi connectivity index (χ3v) is 6.03. The van der Waals surface area contributed by atoms with Crippen molar-refractivity contribution in [3.8, 4) is 11.4 Å². The Morgan fingerprint density at radius 1 is 1.06 bits per heavy atom. The molecule has 31 heavy (non-hydrogen) atoms. The van der Waals surface area contributed by atoms with E-state index in [1.165, 1.54) is 5.56 Å². The van der Waals surface area contributed by atoms with Gasteiger partial charge < -0.3 is 0 Å². The van der Waals surface area contributed by atoms with Crippen LogP contribution in [-0.4, -0.2) is 36.5 Å². The molecule has 0 saturated carbocycles. The third-order valence-electron chi connectivity index (χ3n) is 5.35. The number of nitrogens with one attached hydrogen (secondary N) is 1. The lowest BCUT2D eigenvalue weighted by Crippen LogP contribution is -2.23. The first kappa shape index (κ1) is 21.5. The molecule has 0 unspecified atom stereocenters. The van der Waals surface area contributed by atoms with Gasteiger partial charge in [0.15, 0.2) is 5.82 Å². The summed E-state index contributed by atoms with van der Waals surface area (Å²) in [6.07, 6.45) is 0. The highest BCUT2D eigenvalue weighted by atomic mass is 35.5. The zero-order valence-electron chi connectivity index (χ0n) is 17.8. The second-order valence-corrected chi connectivity index (χ2v) is 8.48. The molecule has 2 heterocycles. The molecule has 0 amide bonds. The lowest BCUT2D eigenvalue weighted by molar-refractivity contribution is 0.243. The van der Waals surface area contributed by atoms with Gasteiger partial charge in [0, 0.05) is 28.4 Å². The SMILES string of the molecule is Cc1nn(Cc2ccccc2Cl)c(C)c1CN(C)Cn1[nH]c(-c2ccccc2)nc1=S. The molecule has 0 aliphatic rings. The zero-order valence-corrected chi connectivity index (χ0v) is 19.4. The van der Waals surface area contributed by atoms with Crippen molar-refractivity contribution >= 4 is 23.8 Å². The molecule has 0 aliphatic heterocycles. The van der Waals surface area contributed by atoms with E-state index in [4.69, 9.17) is 28.9 Å². The van der Waals surface area contributed by atoms with Crippen LogP contribution in [0.3, 0.4) is 0 Å². The number of aromatic amines is 1. The number of aromatic nitrogens is 5. The van der Waals surface area contributed by atoms with Gasteiger partial charge in [0.2, 0.25) is 4.77 Å². The highest BCUT2D eigenvalue weighted by Gasteiger charge is 2.15. The van der Waals surface area contributed by atoms with Crippen molar-refractivity contribution < 1.29 is 0 Å². The van der Waals surface area contributed by atoms with Crippen LogP contribution >= 0.6 is 23.8 Å². The van der Waals surface area contributed by atoms with E-state index in [0.717, 1.165) is 39.9 Å². The Kier molecular flexibility index (Phi) is 6.36. The summed E-state index contributed by atoms with van der Waals surface area (Å²) in [5.41, 5.74) is 5.45. The molecule has 0 aliphatic carbocycles. The fourth-order valence-corrected chi connectivity index (χ4v) is 4.03. The number of benzene rings is 2. The Morgan fingerprint density at radius 2 is 1.77 bits per heavy atom. The molecule has 8 heteroatoms. The highest BCUT2D eigenvalue weighted by molar-refractivity contribution is 7.71. The Bertz CT molecular complexity index is 1240. The van der Waals surface area contributed by atoms with Crippen LogP contribution in [0.25, 0.3) is 11.4 Å². The number of nitrogens with zero attached hydrogens (tertiary/aromatic N) is 5. The first-order chi connectivity index (χ1) is 14.9. The Morgan fingerprint density at radius 3 is 2.52 bits per heavy atom. The fourth-order valence-electron chi connectivity index (χ4n) is 3.64. The van der Waals surface area contributed by atoms with E-state index in [9.17, 15) is 0 Å². The van der Waals surface area contributed by atoms with E-state index in [1.54, 1.807) is 0 Å². The molecular formula is C23H25ClN6S. The van der Waals surface area contributed by atoms with Crippen LogP contribution in [0.15, 0.2) is 54.6 Å². The molecule has 4 rings (SSSR count). The van der Waals surface area contributed by atoms with Gasteiger partial charge in [-0.2, -0.15) is 10.1 Å². The minimum atomic E-state index is 0.536. The van der Waals surface area contributed by atoms with E-state index in [1.807, 2.05) is 64.0 Å². The normalized spacial score (nSPS) is 11.4. The standard InChI is InChI=1S/C23H25ClN6S/c1-16-20(17(2)29(26-16)13-19-11-7-8-12-21(19)24)14-28(3)15-30-23(31)25-22(27-30)18-9-5-4-6-10-18/h4-12H,13-15H2,1-3H3,(H,25,27,31). The number of aryl methyl sites for hydroxylation is 1. The summed E-state index contributed by atoms with van der Waals surface area (Å²) < 4.78 is 4.44. The van der Waals surface area contributed by atoms with Crippen molar-refractivity contribution in [1.82, 2.24) is 29.4 Å². The monoisotopic (exact) mass is 452 g/mol. The number of halogens is 1. The Balaban J connectivity index is 1.49. The van der Waals surface area contributed by atoms with Gasteiger partial charge in [0.1, 0.15) is 0 Å². The first-order valence-electron chi connectivity index (χ1n) is 10.1. The van der Waals surface area contributed by atoms with Gasteiger partial charge in [0.05, 0.1) is 18.9 Å². The van der Waals surface area contributed by atoms with Crippen LogP contribution in [0.5, 0.6) is 0 Å². The maximum absolute atomic E-state index is 6.34. The van der Waals surface area contributed by atoms with Gasteiger partial charge in [-0.3, -0.25) is 14.7 Å². The van der Waals surface area contributed by atoms with Crippen LogP contribution in [0.1, 0.15) is 22.5 Å². The number of H-pyrrole nitrogens is 1. The topological polar surface area (TPSA) is 54.7 Å². The Labute approximate surface area is 192 Å².